The first kappa shape index (κ1) is 31.9. The number of hydrogen-bond acceptors (Lipinski definition) is 9. The third-order valence-electron chi connectivity index (χ3n) is 8.53. The van der Waals surface area contributed by atoms with Crippen LogP contribution in [0.3, 0.4) is 0 Å². The number of carbonyl (C=O) groups excluding carboxylic acids is 1. The van der Waals surface area contributed by atoms with Gasteiger partial charge in [-0.3, -0.25) is 4.79 Å². The smallest absolute Gasteiger partial charge is 0.237 e. The quantitative estimate of drug-likeness (QED) is 0.274. The summed E-state index contributed by atoms with van der Waals surface area (Å²) in [5, 5.41) is 16.8. The second-order valence-electron chi connectivity index (χ2n) is 13.1. The van der Waals surface area contributed by atoms with Gasteiger partial charge in [0, 0.05) is 56.5 Å². The van der Waals surface area contributed by atoms with Crippen molar-refractivity contribution in [1.82, 2.24) is 19.9 Å². The van der Waals surface area contributed by atoms with E-state index in [1.54, 1.807) is 32.3 Å². The molecule has 1 aliphatic heterocycles. The van der Waals surface area contributed by atoms with Gasteiger partial charge in [-0.25, -0.2) is 15.0 Å². The van der Waals surface area contributed by atoms with E-state index in [1.165, 1.54) is 0 Å². The first-order valence-electron chi connectivity index (χ1n) is 14.5. The van der Waals surface area contributed by atoms with Crippen molar-refractivity contribution in [3.05, 3.63) is 53.3 Å². The highest BCUT2D eigenvalue weighted by Gasteiger charge is 2.42. The lowest BCUT2D eigenvalue weighted by Crippen LogP contribution is -2.45. The number of benzene rings is 1. The molecule has 0 unspecified atom stereocenters. The number of rotatable bonds is 10. The minimum absolute atomic E-state index is 0.0403. The van der Waals surface area contributed by atoms with Gasteiger partial charge in [-0.15, -0.1) is 0 Å². The molecule has 0 aliphatic carbocycles. The van der Waals surface area contributed by atoms with Gasteiger partial charge in [0.05, 0.1) is 24.1 Å². The normalized spacial score (nSPS) is 16.2. The van der Waals surface area contributed by atoms with Crippen LogP contribution in [0.5, 0.6) is 5.88 Å². The number of aromatic nitrogens is 3. The third-order valence-corrected chi connectivity index (χ3v) is 13.0. The SMILES string of the molecule is COc1nc(CCC(=O)N(C)C)ccc1Nc1nccc(-c2cc(C#N)c3c(c2)[C@@](C)(CO[Si](C)(C)C(C)(C)C)CN3)n1. The summed E-state index contributed by atoms with van der Waals surface area (Å²) in [6.45, 7) is 14.7. The largest absolute Gasteiger partial charge is 0.480 e. The summed E-state index contributed by atoms with van der Waals surface area (Å²) in [4.78, 5) is 27.3. The van der Waals surface area contributed by atoms with Gasteiger partial charge in [0.2, 0.25) is 17.7 Å². The molecule has 10 nitrogen and oxygen atoms in total. The van der Waals surface area contributed by atoms with Crippen LogP contribution in [-0.4, -0.2) is 68.4 Å². The Morgan fingerprint density at radius 2 is 1.95 bits per heavy atom. The van der Waals surface area contributed by atoms with Crippen LogP contribution < -0.4 is 15.4 Å². The van der Waals surface area contributed by atoms with Crippen LogP contribution >= 0.6 is 0 Å². The van der Waals surface area contributed by atoms with E-state index >= 15 is 0 Å². The number of methoxy groups -OCH3 is 1. The van der Waals surface area contributed by atoms with Crippen molar-refractivity contribution in [3.8, 4) is 23.2 Å². The summed E-state index contributed by atoms with van der Waals surface area (Å²) in [7, 11) is 3.06. The second-order valence-corrected chi connectivity index (χ2v) is 17.9. The van der Waals surface area contributed by atoms with Crippen molar-refractivity contribution in [2.24, 2.45) is 0 Å². The van der Waals surface area contributed by atoms with Crippen LogP contribution in [0.15, 0.2) is 36.5 Å². The highest BCUT2D eigenvalue weighted by molar-refractivity contribution is 6.74. The van der Waals surface area contributed by atoms with E-state index in [2.05, 4.69) is 73.5 Å². The third kappa shape index (κ3) is 6.97. The van der Waals surface area contributed by atoms with E-state index in [9.17, 15) is 10.1 Å². The molecule has 0 saturated heterocycles. The lowest BCUT2D eigenvalue weighted by atomic mass is 9.83. The number of fused-ring (bicyclic) bond motifs is 1. The predicted molar refractivity (Wildman–Crippen MR) is 172 cm³/mol. The molecule has 0 spiro atoms. The molecule has 3 heterocycles. The molecule has 0 radical (unpaired) electrons. The summed E-state index contributed by atoms with van der Waals surface area (Å²) in [6.07, 6.45) is 2.56. The molecule has 4 rings (SSSR count). The van der Waals surface area contributed by atoms with E-state index in [4.69, 9.17) is 14.1 Å². The van der Waals surface area contributed by atoms with Crippen molar-refractivity contribution >= 4 is 31.5 Å². The van der Waals surface area contributed by atoms with Gasteiger partial charge in [-0.1, -0.05) is 27.7 Å². The van der Waals surface area contributed by atoms with Gasteiger partial charge in [-0.05, 0) is 60.4 Å². The monoisotopic (exact) mass is 601 g/mol. The summed E-state index contributed by atoms with van der Waals surface area (Å²) >= 11 is 0. The lowest BCUT2D eigenvalue weighted by molar-refractivity contribution is -0.128. The highest BCUT2D eigenvalue weighted by Crippen LogP contribution is 2.44. The first-order valence-corrected chi connectivity index (χ1v) is 17.4. The number of pyridine rings is 1. The van der Waals surface area contributed by atoms with Gasteiger partial charge in [0.15, 0.2) is 8.32 Å². The Bertz CT molecular complexity index is 1540. The molecule has 2 aromatic heterocycles. The van der Waals surface area contributed by atoms with E-state index in [1.807, 2.05) is 24.3 Å². The zero-order valence-electron chi connectivity index (χ0n) is 26.8. The maximum atomic E-state index is 12.0. The molecule has 1 aliphatic rings. The Morgan fingerprint density at radius 1 is 1.21 bits per heavy atom. The van der Waals surface area contributed by atoms with E-state index in [0.717, 1.165) is 22.5 Å². The Balaban J connectivity index is 1.60. The molecule has 1 atom stereocenters. The Hall–Kier alpha value is -4.01. The van der Waals surface area contributed by atoms with Gasteiger partial charge >= 0.3 is 0 Å². The molecule has 3 aromatic rings. The molecule has 228 valence electrons. The van der Waals surface area contributed by atoms with Gasteiger partial charge in [0.1, 0.15) is 11.8 Å². The summed E-state index contributed by atoms with van der Waals surface area (Å²) < 4.78 is 12.2. The standard InChI is InChI=1S/C32H43N7O3Si/c1-31(2,3)43(8,9)42-20-32(4)19-35-28-22(18-33)16-21(17-24(28)32)25-14-15-34-30(37-25)38-26-12-10-23(36-29(26)41-7)11-13-27(40)39(5)6/h10,12,14-17,35H,11,13,19-20H2,1-9H3,(H,34,37,38)/t32-/m1/s1. The molecule has 43 heavy (non-hydrogen) atoms. The molecular weight excluding hydrogens is 558 g/mol. The average Bonchev–Trinajstić information content (AvgIpc) is 3.31. The maximum Gasteiger partial charge on any atom is 0.237 e. The second kappa shape index (κ2) is 12.3. The number of nitriles is 1. The Kier molecular flexibility index (Phi) is 9.13. The van der Waals surface area contributed by atoms with Gasteiger partial charge in [-0.2, -0.15) is 5.26 Å². The number of anilines is 3. The van der Waals surface area contributed by atoms with Crippen LogP contribution in [-0.2, 0) is 21.1 Å². The van der Waals surface area contributed by atoms with E-state index in [0.29, 0.717) is 54.8 Å². The predicted octanol–water partition coefficient (Wildman–Crippen LogP) is 5.89. The van der Waals surface area contributed by atoms with Crippen LogP contribution in [0.1, 0.15) is 50.9 Å². The summed E-state index contributed by atoms with van der Waals surface area (Å²) in [6, 6.07) is 11.9. The number of aryl methyl sites for hydroxylation is 1. The van der Waals surface area contributed by atoms with Crippen LogP contribution in [0.25, 0.3) is 11.3 Å². The fourth-order valence-corrected chi connectivity index (χ4v) is 5.75. The summed E-state index contributed by atoms with van der Waals surface area (Å²) in [5.41, 5.74) is 5.07. The molecule has 0 saturated carbocycles. The maximum absolute atomic E-state index is 12.0. The van der Waals surface area contributed by atoms with Crippen LogP contribution in [0, 0.1) is 11.3 Å². The fraction of sp³-hybridized carbons (Fsp3) is 0.469. The van der Waals surface area contributed by atoms with Crippen LogP contribution in [0.4, 0.5) is 17.3 Å². The van der Waals surface area contributed by atoms with Crippen molar-refractivity contribution < 1.29 is 14.0 Å². The van der Waals surface area contributed by atoms with Crippen molar-refractivity contribution in [2.75, 3.05) is 45.0 Å². The van der Waals surface area contributed by atoms with Crippen molar-refractivity contribution in [3.63, 3.8) is 0 Å². The molecular formula is C32H43N7O3Si. The number of carbonyl (C=O) groups is 1. The number of nitrogens with zero attached hydrogens (tertiary/aromatic N) is 5. The Labute approximate surface area is 256 Å². The molecule has 11 heteroatoms. The topological polar surface area (TPSA) is 125 Å². The highest BCUT2D eigenvalue weighted by atomic mass is 28.4. The van der Waals surface area contributed by atoms with Gasteiger partial charge in [0.25, 0.3) is 0 Å². The summed E-state index contributed by atoms with van der Waals surface area (Å²) in [5.74, 6) is 0.796. The minimum Gasteiger partial charge on any atom is -0.480 e. The Morgan fingerprint density at radius 3 is 2.60 bits per heavy atom. The number of ether oxygens (including phenoxy) is 1. The lowest BCUT2D eigenvalue weighted by Gasteiger charge is -2.39. The molecule has 1 aromatic carbocycles. The molecule has 0 bridgehead atoms. The minimum atomic E-state index is -1.96. The molecule has 1 amide bonds. The zero-order chi connectivity index (χ0) is 31.6. The average molecular weight is 602 g/mol. The number of amides is 1. The number of hydrogen-bond donors (Lipinski definition) is 2. The molecule has 2 N–H and O–H groups in total. The number of nitrogens with one attached hydrogen (secondary N) is 2. The zero-order valence-corrected chi connectivity index (χ0v) is 27.8. The van der Waals surface area contributed by atoms with Crippen LogP contribution in [0.2, 0.25) is 18.1 Å². The molecule has 0 fully saturated rings. The van der Waals surface area contributed by atoms with Crippen molar-refractivity contribution in [2.45, 2.75) is 64.1 Å². The van der Waals surface area contributed by atoms with E-state index < -0.39 is 8.32 Å². The van der Waals surface area contributed by atoms with Crippen molar-refractivity contribution in [1.29, 1.82) is 5.26 Å². The fourth-order valence-electron chi connectivity index (χ4n) is 4.64. The first-order chi connectivity index (χ1) is 20.2. The van der Waals surface area contributed by atoms with E-state index in [-0.39, 0.29) is 16.4 Å². The van der Waals surface area contributed by atoms with Gasteiger partial charge < -0.3 is 24.7 Å².